The number of nitrogens with zero attached hydrogens (tertiary/aromatic N) is 4. The van der Waals surface area contributed by atoms with Crippen molar-refractivity contribution < 1.29 is 13.2 Å². The minimum atomic E-state index is -3.26. The van der Waals surface area contributed by atoms with Gasteiger partial charge < -0.3 is 14.6 Å². The van der Waals surface area contributed by atoms with Crippen molar-refractivity contribution in [3.8, 4) is 11.9 Å². The minimum absolute atomic E-state index is 0.00938. The van der Waals surface area contributed by atoms with Crippen LogP contribution in [-0.2, 0) is 23.4 Å². The van der Waals surface area contributed by atoms with Gasteiger partial charge in [-0.15, -0.1) is 0 Å². The average Bonchev–Trinajstić information content (AvgIpc) is 3.52. The van der Waals surface area contributed by atoms with E-state index in [9.17, 15) is 13.2 Å². The van der Waals surface area contributed by atoms with Gasteiger partial charge in [-0.3, -0.25) is 9.89 Å². The molecule has 174 valence electrons. The van der Waals surface area contributed by atoms with E-state index >= 15 is 0 Å². The summed E-state index contributed by atoms with van der Waals surface area (Å²) in [5, 5.41) is 20.5. The maximum atomic E-state index is 13.3. The summed E-state index contributed by atoms with van der Waals surface area (Å²) in [4.78, 5) is 17.6. The maximum Gasteiger partial charge on any atom is 0.264 e. The number of aromatic amines is 1. The molecule has 11 heteroatoms. The third-order valence-corrected chi connectivity index (χ3v) is 8.49. The molecule has 4 aromatic rings. The van der Waals surface area contributed by atoms with E-state index < -0.39 is 14.6 Å². The molecule has 0 saturated heterocycles. The van der Waals surface area contributed by atoms with Gasteiger partial charge in [-0.25, -0.2) is 13.4 Å². The molecular formula is C23H22N6O4S. The molecule has 34 heavy (non-hydrogen) atoms. The zero-order valence-electron chi connectivity index (χ0n) is 18.6. The number of nitrogens with one attached hydrogen (secondary N) is 2. The first kappa shape index (κ1) is 21.9. The molecule has 10 nitrogen and oxygen atoms in total. The number of benzene rings is 1. The summed E-state index contributed by atoms with van der Waals surface area (Å²) in [5.41, 5.74) is 2.22. The Hall–Kier alpha value is -3.91. The van der Waals surface area contributed by atoms with Gasteiger partial charge in [0.2, 0.25) is 5.88 Å². The lowest BCUT2D eigenvalue weighted by atomic mass is 10.1. The highest BCUT2D eigenvalue weighted by molar-refractivity contribution is 7.92. The summed E-state index contributed by atoms with van der Waals surface area (Å²) in [7, 11) is -1.63. The molecule has 0 unspecified atom stereocenters. The van der Waals surface area contributed by atoms with E-state index in [1.807, 2.05) is 12.1 Å². The molecule has 0 aliphatic heterocycles. The first-order valence-corrected chi connectivity index (χ1v) is 12.5. The quantitative estimate of drug-likeness (QED) is 0.412. The summed E-state index contributed by atoms with van der Waals surface area (Å²) < 4.78 is 30.6. The van der Waals surface area contributed by atoms with Crippen molar-refractivity contribution in [1.29, 1.82) is 5.26 Å². The molecule has 1 fully saturated rings. The molecule has 1 aromatic carbocycles. The lowest BCUT2D eigenvalue weighted by molar-refractivity contribution is 0.297. The summed E-state index contributed by atoms with van der Waals surface area (Å²) in [5.74, 6) is 0.616. The smallest absolute Gasteiger partial charge is 0.264 e. The van der Waals surface area contributed by atoms with E-state index in [0.717, 1.165) is 5.56 Å². The van der Waals surface area contributed by atoms with Crippen molar-refractivity contribution in [2.45, 2.75) is 24.1 Å². The standard InChI is InChI=1S/C23H22N6O4S/c1-29-19-16(7-10-25-21(19)33-13-23(8-9-23)34(2,31)32)18-17(22(29)30)20(28-27-18)26-12-15-5-3-14(11-24)4-6-15/h3-7,10H,8-9,12-13H2,1-2H3,(H2,26,27,28). The van der Waals surface area contributed by atoms with Crippen LogP contribution in [0.15, 0.2) is 41.3 Å². The van der Waals surface area contributed by atoms with Crippen LogP contribution in [0.4, 0.5) is 5.82 Å². The first-order valence-electron chi connectivity index (χ1n) is 10.7. The van der Waals surface area contributed by atoms with Crippen LogP contribution in [0.1, 0.15) is 24.0 Å². The normalized spacial score (nSPS) is 14.7. The monoisotopic (exact) mass is 478 g/mol. The molecule has 0 atom stereocenters. The van der Waals surface area contributed by atoms with Gasteiger partial charge in [0.15, 0.2) is 15.7 Å². The number of fused-ring (bicyclic) bond motifs is 3. The highest BCUT2D eigenvalue weighted by Gasteiger charge is 2.53. The van der Waals surface area contributed by atoms with Crippen molar-refractivity contribution in [2.75, 3.05) is 18.2 Å². The van der Waals surface area contributed by atoms with Gasteiger partial charge in [-0.05, 0) is 36.6 Å². The second kappa shape index (κ2) is 7.85. The zero-order chi connectivity index (χ0) is 24.1. The molecule has 1 aliphatic rings. The predicted molar refractivity (Wildman–Crippen MR) is 127 cm³/mol. The number of ether oxygens (including phenoxy) is 1. The van der Waals surface area contributed by atoms with E-state index in [1.54, 1.807) is 31.4 Å². The van der Waals surface area contributed by atoms with Crippen molar-refractivity contribution in [3.05, 3.63) is 58.0 Å². The molecular weight excluding hydrogens is 456 g/mol. The van der Waals surface area contributed by atoms with Gasteiger partial charge in [0, 0.05) is 31.4 Å². The highest BCUT2D eigenvalue weighted by Crippen LogP contribution is 2.43. The Labute approximate surface area is 195 Å². The van der Waals surface area contributed by atoms with Crippen LogP contribution in [0.5, 0.6) is 5.88 Å². The molecule has 5 rings (SSSR count). The summed E-state index contributed by atoms with van der Waals surface area (Å²) in [6.45, 7) is 0.412. The Balaban J connectivity index is 1.50. The number of pyridine rings is 2. The third-order valence-electron chi connectivity index (χ3n) is 6.39. The summed E-state index contributed by atoms with van der Waals surface area (Å²) in [6.07, 6.45) is 3.88. The molecule has 0 bridgehead atoms. The fourth-order valence-corrected chi connectivity index (χ4v) is 5.17. The molecule has 0 spiro atoms. The second-order valence-corrected chi connectivity index (χ2v) is 11.0. The Bertz CT molecular complexity index is 1630. The topological polar surface area (TPSA) is 143 Å². The van der Waals surface area contributed by atoms with Crippen molar-refractivity contribution >= 4 is 37.5 Å². The molecule has 3 heterocycles. The van der Waals surface area contributed by atoms with E-state index in [0.29, 0.717) is 52.6 Å². The van der Waals surface area contributed by atoms with Crippen LogP contribution in [0.3, 0.4) is 0 Å². The van der Waals surface area contributed by atoms with Crippen molar-refractivity contribution in [3.63, 3.8) is 0 Å². The number of sulfone groups is 1. The number of H-pyrrole nitrogens is 1. The largest absolute Gasteiger partial charge is 0.474 e. The van der Waals surface area contributed by atoms with E-state index in [1.165, 1.54) is 10.8 Å². The van der Waals surface area contributed by atoms with Gasteiger partial charge in [0.1, 0.15) is 22.3 Å². The number of hydrogen-bond donors (Lipinski definition) is 2. The Morgan fingerprint density at radius 2 is 2.00 bits per heavy atom. The second-order valence-electron chi connectivity index (χ2n) is 8.60. The Morgan fingerprint density at radius 3 is 2.65 bits per heavy atom. The number of hydrogen-bond acceptors (Lipinski definition) is 8. The van der Waals surface area contributed by atoms with Gasteiger partial charge in [-0.2, -0.15) is 10.4 Å². The highest BCUT2D eigenvalue weighted by atomic mass is 32.2. The predicted octanol–water partition coefficient (Wildman–Crippen LogP) is 2.25. The van der Waals surface area contributed by atoms with Gasteiger partial charge in [-0.1, -0.05) is 12.1 Å². The van der Waals surface area contributed by atoms with Crippen LogP contribution in [0.2, 0.25) is 0 Å². The number of nitriles is 1. The van der Waals surface area contributed by atoms with E-state index in [2.05, 4.69) is 26.6 Å². The first-order chi connectivity index (χ1) is 16.2. The van der Waals surface area contributed by atoms with Crippen molar-refractivity contribution in [2.24, 2.45) is 7.05 Å². The SMILES string of the molecule is Cn1c(=O)c2c(NCc3ccc(C#N)cc3)n[nH]c2c2ccnc(OCC3(S(C)(=O)=O)CC3)c21. The summed E-state index contributed by atoms with van der Waals surface area (Å²) >= 11 is 0. The van der Waals surface area contributed by atoms with Crippen LogP contribution in [0, 0.1) is 11.3 Å². The molecule has 1 aliphatic carbocycles. The minimum Gasteiger partial charge on any atom is -0.474 e. The fraction of sp³-hybridized carbons (Fsp3) is 0.304. The van der Waals surface area contributed by atoms with Gasteiger partial charge >= 0.3 is 0 Å². The third kappa shape index (κ3) is 3.56. The van der Waals surface area contributed by atoms with Crippen LogP contribution in [0.25, 0.3) is 21.8 Å². The van der Waals surface area contributed by atoms with Crippen LogP contribution in [-0.4, -0.2) is 45.8 Å². The zero-order valence-corrected chi connectivity index (χ0v) is 19.4. The van der Waals surface area contributed by atoms with E-state index in [-0.39, 0.29) is 18.0 Å². The van der Waals surface area contributed by atoms with E-state index in [4.69, 9.17) is 10.00 Å². The summed E-state index contributed by atoms with van der Waals surface area (Å²) in [6, 6.07) is 11.0. The number of aromatic nitrogens is 4. The molecule has 2 N–H and O–H groups in total. The van der Waals surface area contributed by atoms with Crippen LogP contribution >= 0.6 is 0 Å². The Kier molecular flexibility index (Phi) is 5.06. The lowest BCUT2D eigenvalue weighted by Gasteiger charge is -2.16. The molecule has 1 saturated carbocycles. The number of rotatable bonds is 7. The fourth-order valence-electron chi connectivity index (χ4n) is 4.05. The van der Waals surface area contributed by atoms with Gasteiger partial charge in [0.05, 0.1) is 17.1 Å². The van der Waals surface area contributed by atoms with Gasteiger partial charge in [0.25, 0.3) is 5.56 Å². The number of aryl methyl sites for hydroxylation is 1. The Morgan fingerprint density at radius 1 is 1.26 bits per heavy atom. The average molecular weight is 479 g/mol. The van der Waals surface area contributed by atoms with Crippen LogP contribution < -0.4 is 15.6 Å². The number of anilines is 1. The van der Waals surface area contributed by atoms with Crippen molar-refractivity contribution in [1.82, 2.24) is 19.7 Å². The molecule has 0 amide bonds. The maximum absolute atomic E-state index is 13.3. The lowest BCUT2D eigenvalue weighted by Crippen LogP contribution is -2.29. The molecule has 3 aromatic heterocycles. The molecule has 0 radical (unpaired) electrons.